The molecule has 1 aromatic rings. The Bertz CT molecular complexity index is 268. The molecule has 0 aliphatic rings. The highest BCUT2D eigenvalue weighted by molar-refractivity contribution is 6.32. The number of nitrogens with two attached hydrogens (primary N) is 1. The Morgan fingerprint density at radius 2 is 2.22 bits per heavy atom. The minimum absolute atomic E-state index is 0.212. The summed E-state index contributed by atoms with van der Waals surface area (Å²) in [4.78, 5) is 12.8. The smallest absolute Gasteiger partial charge is 0.249 e. The summed E-state index contributed by atoms with van der Waals surface area (Å²) in [5.74, 6) is 0.212. The number of hydrogen-bond acceptors (Lipinski definition) is 2. The number of nitrogen functional groups attached to an aromatic ring is 1. The number of H-pyrrole nitrogens is 1. The van der Waals surface area contributed by atoms with Crippen LogP contribution >= 0.6 is 11.6 Å². The van der Waals surface area contributed by atoms with E-state index in [0.717, 1.165) is 0 Å². The molecule has 0 saturated heterocycles. The summed E-state index contributed by atoms with van der Waals surface area (Å²) in [6.07, 6.45) is 0. The summed E-state index contributed by atoms with van der Waals surface area (Å²) < 4.78 is 0. The van der Waals surface area contributed by atoms with Crippen molar-refractivity contribution >= 4 is 17.4 Å². The lowest BCUT2D eigenvalue weighted by atomic mass is 10.5. The van der Waals surface area contributed by atoms with Crippen molar-refractivity contribution in [2.45, 2.75) is 0 Å². The van der Waals surface area contributed by atoms with Gasteiger partial charge >= 0.3 is 0 Å². The van der Waals surface area contributed by atoms with Gasteiger partial charge in [0.05, 0.1) is 5.02 Å². The van der Waals surface area contributed by atoms with Crippen LogP contribution in [0.1, 0.15) is 0 Å². The minimum atomic E-state index is -0.239. The standard InChI is InChI=1S/C5H5ClN2O/c6-3-1-2-4(9)8-5(3)7/h1-2H,(H3,7,8,9). The number of rotatable bonds is 0. The second kappa shape index (κ2) is 2.11. The lowest BCUT2D eigenvalue weighted by molar-refractivity contribution is 1.25. The van der Waals surface area contributed by atoms with Crippen LogP contribution in [0.25, 0.3) is 0 Å². The van der Waals surface area contributed by atoms with Crippen LogP contribution in [0.15, 0.2) is 16.9 Å². The highest BCUT2D eigenvalue weighted by Crippen LogP contribution is 2.10. The van der Waals surface area contributed by atoms with E-state index in [-0.39, 0.29) is 11.4 Å². The van der Waals surface area contributed by atoms with Crippen molar-refractivity contribution in [2.24, 2.45) is 0 Å². The van der Waals surface area contributed by atoms with Gasteiger partial charge < -0.3 is 10.7 Å². The van der Waals surface area contributed by atoms with Crippen molar-refractivity contribution in [1.82, 2.24) is 4.98 Å². The summed E-state index contributed by atoms with van der Waals surface area (Å²) in [5.41, 5.74) is 4.99. The molecule has 48 valence electrons. The molecule has 0 aromatic carbocycles. The molecule has 1 aromatic heterocycles. The predicted molar refractivity (Wildman–Crippen MR) is 36.5 cm³/mol. The van der Waals surface area contributed by atoms with E-state index in [9.17, 15) is 4.79 Å². The summed E-state index contributed by atoms with van der Waals surface area (Å²) in [5, 5.41) is 0.370. The van der Waals surface area contributed by atoms with E-state index in [1.165, 1.54) is 12.1 Å². The van der Waals surface area contributed by atoms with Gasteiger partial charge in [-0.15, -0.1) is 0 Å². The van der Waals surface area contributed by atoms with Crippen LogP contribution in [0.2, 0.25) is 5.02 Å². The monoisotopic (exact) mass is 144 g/mol. The van der Waals surface area contributed by atoms with Crippen molar-refractivity contribution < 1.29 is 0 Å². The van der Waals surface area contributed by atoms with Crippen LogP contribution in [-0.4, -0.2) is 4.98 Å². The number of hydrogen-bond donors (Lipinski definition) is 2. The zero-order valence-electron chi connectivity index (χ0n) is 4.52. The van der Waals surface area contributed by atoms with E-state index < -0.39 is 0 Å². The lowest BCUT2D eigenvalue weighted by Crippen LogP contribution is -2.06. The van der Waals surface area contributed by atoms with Gasteiger partial charge in [-0.05, 0) is 6.07 Å². The van der Waals surface area contributed by atoms with Crippen LogP contribution in [0.5, 0.6) is 0 Å². The Labute approximate surface area is 56.5 Å². The molecule has 3 nitrogen and oxygen atoms in total. The average molecular weight is 145 g/mol. The van der Waals surface area contributed by atoms with E-state index >= 15 is 0 Å². The highest BCUT2D eigenvalue weighted by atomic mass is 35.5. The minimum Gasteiger partial charge on any atom is -0.384 e. The van der Waals surface area contributed by atoms with Crippen molar-refractivity contribution in [3.05, 3.63) is 27.5 Å². The molecule has 0 aliphatic heterocycles. The largest absolute Gasteiger partial charge is 0.384 e. The van der Waals surface area contributed by atoms with Gasteiger partial charge in [0, 0.05) is 6.07 Å². The number of halogens is 1. The Morgan fingerprint density at radius 3 is 2.67 bits per heavy atom. The van der Waals surface area contributed by atoms with Gasteiger partial charge in [-0.25, -0.2) is 0 Å². The highest BCUT2D eigenvalue weighted by Gasteiger charge is 1.91. The third-order valence-electron chi connectivity index (χ3n) is 0.896. The van der Waals surface area contributed by atoms with Gasteiger partial charge in [-0.2, -0.15) is 0 Å². The maximum atomic E-state index is 10.4. The van der Waals surface area contributed by atoms with Gasteiger partial charge in [-0.1, -0.05) is 11.6 Å². The van der Waals surface area contributed by atoms with Crippen molar-refractivity contribution in [1.29, 1.82) is 0 Å². The van der Waals surface area contributed by atoms with Crippen LogP contribution in [0, 0.1) is 0 Å². The van der Waals surface area contributed by atoms with E-state index in [1.807, 2.05) is 0 Å². The SMILES string of the molecule is Nc1[nH]c(=O)ccc1Cl. The number of anilines is 1. The van der Waals surface area contributed by atoms with Crippen LogP contribution in [0.3, 0.4) is 0 Å². The molecule has 0 spiro atoms. The third kappa shape index (κ3) is 1.23. The third-order valence-corrected chi connectivity index (χ3v) is 1.23. The molecule has 1 heterocycles. The van der Waals surface area contributed by atoms with Gasteiger partial charge in [-0.3, -0.25) is 4.79 Å². The molecule has 1 rings (SSSR count). The second-order valence-electron chi connectivity index (χ2n) is 1.58. The van der Waals surface area contributed by atoms with Crippen LogP contribution in [-0.2, 0) is 0 Å². The molecule has 3 N–H and O–H groups in total. The molecular formula is C5H5ClN2O. The van der Waals surface area contributed by atoms with Gasteiger partial charge in [0.15, 0.2) is 0 Å². The first kappa shape index (κ1) is 6.16. The van der Waals surface area contributed by atoms with E-state index in [4.69, 9.17) is 17.3 Å². The van der Waals surface area contributed by atoms with E-state index in [1.54, 1.807) is 0 Å². The topological polar surface area (TPSA) is 58.9 Å². The molecule has 9 heavy (non-hydrogen) atoms. The number of nitrogens with one attached hydrogen (secondary N) is 1. The molecule has 0 aliphatic carbocycles. The van der Waals surface area contributed by atoms with Gasteiger partial charge in [0.1, 0.15) is 5.82 Å². The Balaban J connectivity index is 3.34. The molecule has 0 bridgehead atoms. The van der Waals surface area contributed by atoms with Gasteiger partial charge in [0.2, 0.25) is 5.56 Å². The number of aromatic amines is 1. The molecule has 0 radical (unpaired) electrons. The van der Waals surface area contributed by atoms with Gasteiger partial charge in [0.25, 0.3) is 0 Å². The molecule has 0 amide bonds. The summed E-state index contributed by atoms with van der Waals surface area (Å²) in [6.45, 7) is 0. The van der Waals surface area contributed by atoms with Crippen molar-refractivity contribution in [3.63, 3.8) is 0 Å². The normalized spacial score (nSPS) is 9.44. The molecule has 0 atom stereocenters. The fourth-order valence-electron chi connectivity index (χ4n) is 0.473. The van der Waals surface area contributed by atoms with Crippen molar-refractivity contribution in [2.75, 3.05) is 5.73 Å². The number of pyridine rings is 1. The number of aromatic nitrogens is 1. The van der Waals surface area contributed by atoms with Crippen molar-refractivity contribution in [3.8, 4) is 0 Å². The van der Waals surface area contributed by atoms with E-state index in [0.29, 0.717) is 5.02 Å². The quantitative estimate of drug-likeness (QED) is 0.561. The zero-order chi connectivity index (χ0) is 6.85. The molecule has 0 saturated carbocycles. The maximum absolute atomic E-state index is 10.4. The first-order chi connectivity index (χ1) is 4.20. The maximum Gasteiger partial charge on any atom is 0.249 e. The average Bonchev–Trinajstić information content (AvgIpc) is 1.80. The first-order valence-corrected chi connectivity index (χ1v) is 2.72. The lowest BCUT2D eigenvalue weighted by Gasteiger charge is -1.92. The Hall–Kier alpha value is -0.960. The molecular weight excluding hydrogens is 140 g/mol. The first-order valence-electron chi connectivity index (χ1n) is 2.34. The predicted octanol–water partition coefficient (Wildman–Crippen LogP) is 0.610. The fraction of sp³-hybridized carbons (Fsp3) is 0. The Kier molecular flexibility index (Phi) is 1.44. The molecule has 4 heteroatoms. The van der Waals surface area contributed by atoms with E-state index in [2.05, 4.69) is 4.98 Å². The summed E-state index contributed by atoms with van der Waals surface area (Å²) in [7, 11) is 0. The second-order valence-corrected chi connectivity index (χ2v) is 1.99. The zero-order valence-corrected chi connectivity index (χ0v) is 5.27. The van der Waals surface area contributed by atoms with Crippen LogP contribution < -0.4 is 11.3 Å². The fourth-order valence-corrected chi connectivity index (χ4v) is 0.583. The summed E-state index contributed by atoms with van der Waals surface area (Å²) in [6, 6.07) is 2.77. The molecule has 0 unspecified atom stereocenters. The molecule has 0 fully saturated rings. The van der Waals surface area contributed by atoms with Crippen LogP contribution in [0.4, 0.5) is 5.82 Å². The summed E-state index contributed by atoms with van der Waals surface area (Å²) >= 11 is 5.49. The Morgan fingerprint density at radius 1 is 1.56 bits per heavy atom.